The Labute approximate surface area is 211 Å². The average molecular weight is 484 g/mol. The summed E-state index contributed by atoms with van der Waals surface area (Å²) in [6.45, 7) is 6.05. The summed E-state index contributed by atoms with van der Waals surface area (Å²) in [4.78, 5) is 34.1. The van der Waals surface area contributed by atoms with Gasteiger partial charge in [0.05, 0.1) is 11.6 Å². The molecule has 7 heteroatoms. The molecule has 1 N–H and O–H groups in total. The van der Waals surface area contributed by atoms with Gasteiger partial charge in [-0.05, 0) is 60.0 Å². The summed E-state index contributed by atoms with van der Waals surface area (Å²) in [5.74, 6) is -0.950. The zero-order chi connectivity index (χ0) is 25.8. The number of carbonyl (C=O) groups excluding carboxylic acids is 2. The molecule has 0 saturated carbocycles. The van der Waals surface area contributed by atoms with Crippen molar-refractivity contribution in [1.82, 2.24) is 9.88 Å². The fraction of sp³-hybridized carbons (Fsp3) is 0.207. The number of amides is 1. The van der Waals surface area contributed by atoms with Crippen molar-refractivity contribution in [3.8, 4) is 5.75 Å². The minimum atomic E-state index is -0.751. The Bertz CT molecular complexity index is 1310. The van der Waals surface area contributed by atoms with Crippen LogP contribution in [0.2, 0.25) is 0 Å². The van der Waals surface area contributed by atoms with Crippen LogP contribution in [0, 0.1) is 6.92 Å². The van der Waals surface area contributed by atoms with Gasteiger partial charge in [0.2, 0.25) is 0 Å². The summed E-state index contributed by atoms with van der Waals surface area (Å²) in [5, 5.41) is 11.4. The number of carbonyl (C=O) groups is 2. The number of benzene rings is 2. The van der Waals surface area contributed by atoms with E-state index in [4.69, 9.17) is 4.74 Å². The molecule has 1 aromatic heterocycles. The maximum absolute atomic E-state index is 13.3. The molecule has 0 spiro atoms. The second kappa shape index (κ2) is 10.5. The van der Waals surface area contributed by atoms with E-state index in [0.717, 1.165) is 22.4 Å². The van der Waals surface area contributed by atoms with Crippen LogP contribution in [0.15, 0.2) is 85.2 Å². The number of aryl methyl sites for hydroxylation is 1. The van der Waals surface area contributed by atoms with Gasteiger partial charge in [-0.3, -0.25) is 14.6 Å². The number of aliphatic hydroxyl groups is 1. The summed E-state index contributed by atoms with van der Waals surface area (Å²) in [6, 6.07) is 15.7. The molecule has 0 aliphatic carbocycles. The van der Waals surface area contributed by atoms with E-state index in [1.54, 1.807) is 42.7 Å². The lowest BCUT2D eigenvalue weighted by Gasteiger charge is -2.26. The van der Waals surface area contributed by atoms with Gasteiger partial charge in [-0.25, -0.2) is 0 Å². The van der Waals surface area contributed by atoms with Crippen LogP contribution in [-0.2, 0) is 16.1 Å². The molecule has 0 unspecified atom stereocenters. The van der Waals surface area contributed by atoms with Gasteiger partial charge in [0.1, 0.15) is 18.1 Å². The first kappa shape index (κ1) is 24.7. The molecule has 7 nitrogen and oxygen atoms in total. The van der Waals surface area contributed by atoms with Gasteiger partial charge >= 0.3 is 0 Å². The molecule has 36 heavy (non-hydrogen) atoms. The van der Waals surface area contributed by atoms with E-state index in [1.165, 1.54) is 4.90 Å². The van der Waals surface area contributed by atoms with Crippen LogP contribution in [0.1, 0.15) is 28.3 Å². The Kier molecular flexibility index (Phi) is 7.20. The molecule has 1 saturated heterocycles. The molecule has 1 aliphatic rings. The standard InChI is InChI=1S/C29H29N3O4/c1-5-15-36-24-13-10-22(16-19(24)2)27(33)25-26(21-8-11-23(12-9-21)31(3)4)32(29(35)28(25)34)18-20-7-6-14-30-17-20/h5-14,16-17,26,33H,1,15,18H2,2-4H3/t26-/m1/s1. The van der Waals surface area contributed by atoms with E-state index in [1.807, 2.05) is 56.3 Å². The van der Waals surface area contributed by atoms with Crippen molar-refractivity contribution >= 4 is 23.1 Å². The van der Waals surface area contributed by atoms with E-state index in [2.05, 4.69) is 11.6 Å². The van der Waals surface area contributed by atoms with Crippen LogP contribution >= 0.6 is 0 Å². The van der Waals surface area contributed by atoms with Crippen molar-refractivity contribution in [3.63, 3.8) is 0 Å². The highest BCUT2D eigenvalue weighted by atomic mass is 16.5. The molecular formula is C29H29N3O4. The van der Waals surface area contributed by atoms with Crippen LogP contribution < -0.4 is 9.64 Å². The van der Waals surface area contributed by atoms with E-state index >= 15 is 0 Å². The normalized spacial score (nSPS) is 16.8. The maximum Gasteiger partial charge on any atom is 0.295 e. The highest BCUT2D eigenvalue weighted by Gasteiger charge is 2.46. The van der Waals surface area contributed by atoms with E-state index < -0.39 is 17.7 Å². The number of pyridine rings is 1. The second-order valence-electron chi connectivity index (χ2n) is 8.85. The number of rotatable bonds is 8. The van der Waals surface area contributed by atoms with Crippen molar-refractivity contribution < 1.29 is 19.4 Å². The number of ketones is 1. The summed E-state index contributed by atoms with van der Waals surface area (Å²) in [6.07, 6.45) is 4.97. The summed E-state index contributed by atoms with van der Waals surface area (Å²) >= 11 is 0. The molecule has 184 valence electrons. The molecule has 0 bridgehead atoms. The van der Waals surface area contributed by atoms with E-state index in [9.17, 15) is 14.7 Å². The van der Waals surface area contributed by atoms with Crippen LogP contribution in [0.5, 0.6) is 5.75 Å². The van der Waals surface area contributed by atoms with Crippen molar-refractivity contribution in [2.45, 2.75) is 19.5 Å². The number of Topliss-reactive ketones (excluding diaryl/α,β-unsaturated/α-hetero) is 1. The number of nitrogens with zero attached hydrogens (tertiary/aromatic N) is 3. The zero-order valence-electron chi connectivity index (χ0n) is 20.6. The molecule has 2 heterocycles. The third-order valence-electron chi connectivity index (χ3n) is 6.15. The molecule has 4 rings (SSSR count). The number of aromatic nitrogens is 1. The summed E-state index contributed by atoms with van der Waals surface area (Å²) < 4.78 is 5.63. The molecule has 1 atom stereocenters. The summed E-state index contributed by atoms with van der Waals surface area (Å²) in [7, 11) is 3.88. The minimum Gasteiger partial charge on any atom is -0.507 e. The van der Waals surface area contributed by atoms with Crippen LogP contribution in [0.4, 0.5) is 5.69 Å². The van der Waals surface area contributed by atoms with Crippen LogP contribution in [0.25, 0.3) is 5.76 Å². The van der Waals surface area contributed by atoms with Gasteiger partial charge < -0.3 is 19.6 Å². The van der Waals surface area contributed by atoms with Gasteiger partial charge in [-0.2, -0.15) is 0 Å². The number of hydrogen-bond donors (Lipinski definition) is 1. The predicted molar refractivity (Wildman–Crippen MR) is 140 cm³/mol. The van der Waals surface area contributed by atoms with Gasteiger partial charge in [0.25, 0.3) is 11.7 Å². The highest BCUT2D eigenvalue weighted by Crippen LogP contribution is 2.41. The lowest BCUT2D eigenvalue weighted by Crippen LogP contribution is -2.29. The van der Waals surface area contributed by atoms with Crippen LogP contribution in [-0.4, -0.2) is 47.4 Å². The minimum absolute atomic E-state index is 0.0562. The number of ether oxygens (including phenoxy) is 1. The van der Waals surface area contributed by atoms with Gasteiger partial charge in [0, 0.05) is 44.3 Å². The molecule has 1 fully saturated rings. The number of hydrogen-bond acceptors (Lipinski definition) is 6. The van der Waals surface area contributed by atoms with Crippen molar-refractivity contribution in [1.29, 1.82) is 0 Å². The summed E-state index contributed by atoms with van der Waals surface area (Å²) in [5.41, 5.74) is 3.78. The first-order valence-corrected chi connectivity index (χ1v) is 11.6. The van der Waals surface area contributed by atoms with Crippen molar-refractivity contribution in [2.24, 2.45) is 0 Å². The van der Waals surface area contributed by atoms with Gasteiger partial charge in [-0.15, -0.1) is 0 Å². The third kappa shape index (κ3) is 4.86. The average Bonchev–Trinajstić information content (AvgIpc) is 3.13. The molecular weight excluding hydrogens is 454 g/mol. The van der Waals surface area contributed by atoms with E-state index in [0.29, 0.717) is 17.9 Å². The maximum atomic E-state index is 13.3. The lowest BCUT2D eigenvalue weighted by molar-refractivity contribution is -0.140. The Balaban J connectivity index is 1.82. The largest absolute Gasteiger partial charge is 0.507 e. The Morgan fingerprint density at radius 1 is 1.17 bits per heavy atom. The first-order chi connectivity index (χ1) is 17.3. The van der Waals surface area contributed by atoms with Gasteiger partial charge in [0.15, 0.2) is 0 Å². The first-order valence-electron chi connectivity index (χ1n) is 11.6. The SMILES string of the molecule is C=CCOc1ccc(C(O)=C2C(=O)C(=O)N(Cc3cccnc3)[C@@H]2c2ccc(N(C)C)cc2)cc1C. The molecule has 1 aliphatic heterocycles. The number of anilines is 1. The predicted octanol–water partition coefficient (Wildman–Crippen LogP) is 4.64. The van der Waals surface area contributed by atoms with Gasteiger partial charge in [-0.1, -0.05) is 30.9 Å². The number of aliphatic hydroxyl groups excluding tert-OH is 1. The fourth-order valence-corrected chi connectivity index (χ4v) is 4.30. The Hall–Kier alpha value is -4.39. The van der Waals surface area contributed by atoms with Crippen molar-refractivity contribution in [3.05, 3.63) is 107 Å². The third-order valence-corrected chi connectivity index (χ3v) is 6.15. The molecule has 2 aromatic carbocycles. The molecule has 3 aromatic rings. The van der Waals surface area contributed by atoms with E-state index in [-0.39, 0.29) is 17.9 Å². The smallest absolute Gasteiger partial charge is 0.295 e. The Morgan fingerprint density at radius 2 is 1.92 bits per heavy atom. The second-order valence-corrected chi connectivity index (χ2v) is 8.85. The quantitative estimate of drug-likeness (QED) is 0.218. The monoisotopic (exact) mass is 483 g/mol. The zero-order valence-corrected chi connectivity index (χ0v) is 20.6. The highest BCUT2D eigenvalue weighted by molar-refractivity contribution is 6.46. The topological polar surface area (TPSA) is 83.0 Å². The molecule has 1 amide bonds. The lowest BCUT2D eigenvalue weighted by atomic mass is 9.94. The molecule has 0 radical (unpaired) electrons. The van der Waals surface area contributed by atoms with Crippen LogP contribution in [0.3, 0.4) is 0 Å². The van der Waals surface area contributed by atoms with Crippen molar-refractivity contribution in [2.75, 3.05) is 25.6 Å². The Morgan fingerprint density at radius 3 is 2.53 bits per heavy atom. The number of likely N-dealkylation sites (tertiary alicyclic amines) is 1. The fourth-order valence-electron chi connectivity index (χ4n) is 4.30.